The van der Waals surface area contributed by atoms with Crippen LogP contribution in [0.15, 0.2) is 0 Å². The summed E-state index contributed by atoms with van der Waals surface area (Å²) in [5, 5.41) is 0. The minimum Gasteiger partial charge on any atom is -0.329 e. The van der Waals surface area contributed by atoms with Gasteiger partial charge in [0.1, 0.15) is 0 Å². The first-order valence-corrected chi connectivity index (χ1v) is 9.19. The van der Waals surface area contributed by atoms with Gasteiger partial charge in [-0.05, 0) is 52.0 Å². The van der Waals surface area contributed by atoms with Gasteiger partial charge in [-0.15, -0.1) is 0 Å². The number of likely N-dealkylation sites (tertiary alicyclic amines) is 1. The first kappa shape index (κ1) is 17.2. The lowest BCUT2D eigenvalue weighted by atomic mass is 9.92. The molecule has 0 aromatic heterocycles. The standard InChI is InChI=1S/C18H37N3/c1-15(2)9-11-21(17-7-5-6-8-17)18(13-19)10-12-20(14-18)16(3)4/h15-17H,5-14,19H2,1-4H3. The van der Waals surface area contributed by atoms with Crippen LogP contribution in [-0.2, 0) is 0 Å². The fourth-order valence-corrected chi connectivity index (χ4v) is 4.27. The maximum absolute atomic E-state index is 6.34. The topological polar surface area (TPSA) is 32.5 Å². The van der Waals surface area contributed by atoms with E-state index in [-0.39, 0.29) is 5.54 Å². The number of nitrogens with zero attached hydrogens (tertiary/aromatic N) is 2. The quantitative estimate of drug-likeness (QED) is 0.783. The van der Waals surface area contributed by atoms with Crippen LogP contribution in [0, 0.1) is 5.92 Å². The summed E-state index contributed by atoms with van der Waals surface area (Å²) in [6.07, 6.45) is 8.17. The molecule has 1 saturated heterocycles. The van der Waals surface area contributed by atoms with Crippen LogP contribution in [0.25, 0.3) is 0 Å². The Labute approximate surface area is 132 Å². The van der Waals surface area contributed by atoms with Crippen molar-refractivity contribution in [2.75, 3.05) is 26.2 Å². The van der Waals surface area contributed by atoms with Crippen LogP contribution in [-0.4, -0.2) is 53.6 Å². The van der Waals surface area contributed by atoms with E-state index in [1.54, 1.807) is 0 Å². The minimum absolute atomic E-state index is 0.244. The highest BCUT2D eigenvalue weighted by Crippen LogP contribution is 2.35. The number of hydrogen-bond acceptors (Lipinski definition) is 3. The summed E-state index contributed by atoms with van der Waals surface area (Å²) in [7, 11) is 0. The molecule has 1 unspecified atom stereocenters. The zero-order valence-corrected chi connectivity index (χ0v) is 14.8. The molecule has 1 heterocycles. The molecule has 3 nitrogen and oxygen atoms in total. The molecule has 0 bridgehead atoms. The molecule has 0 aromatic carbocycles. The van der Waals surface area contributed by atoms with Crippen LogP contribution in [0.5, 0.6) is 0 Å². The van der Waals surface area contributed by atoms with E-state index in [1.807, 2.05) is 0 Å². The van der Waals surface area contributed by atoms with E-state index >= 15 is 0 Å². The van der Waals surface area contributed by atoms with E-state index in [9.17, 15) is 0 Å². The smallest absolute Gasteiger partial charge is 0.0473 e. The Morgan fingerprint density at radius 1 is 1.19 bits per heavy atom. The lowest BCUT2D eigenvalue weighted by Crippen LogP contribution is -2.59. The van der Waals surface area contributed by atoms with Crippen molar-refractivity contribution in [2.24, 2.45) is 11.7 Å². The molecule has 1 aliphatic carbocycles. The molecule has 0 aromatic rings. The van der Waals surface area contributed by atoms with Gasteiger partial charge >= 0.3 is 0 Å². The third-order valence-electron chi connectivity index (χ3n) is 5.79. The van der Waals surface area contributed by atoms with Crippen molar-refractivity contribution in [1.82, 2.24) is 9.80 Å². The van der Waals surface area contributed by atoms with Crippen molar-refractivity contribution in [1.29, 1.82) is 0 Å². The van der Waals surface area contributed by atoms with E-state index in [1.165, 1.54) is 58.2 Å². The maximum atomic E-state index is 6.34. The Bertz CT molecular complexity index is 310. The number of rotatable bonds is 7. The predicted octanol–water partition coefficient (Wildman–Crippen LogP) is 3.09. The Morgan fingerprint density at radius 2 is 1.86 bits per heavy atom. The largest absolute Gasteiger partial charge is 0.329 e. The van der Waals surface area contributed by atoms with Crippen molar-refractivity contribution >= 4 is 0 Å². The van der Waals surface area contributed by atoms with Gasteiger partial charge in [0.15, 0.2) is 0 Å². The van der Waals surface area contributed by atoms with Crippen molar-refractivity contribution in [2.45, 2.75) is 83.8 Å². The van der Waals surface area contributed by atoms with Crippen LogP contribution in [0.2, 0.25) is 0 Å². The Hall–Kier alpha value is -0.120. The highest BCUT2D eigenvalue weighted by molar-refractivity contribution is 5.03. The molecule has 2 rings (SSSR count). The maximum Gasteiger partial charge on any atom is 0.0473 e. The van der Waals surface area contributed by atoms with Gasteiger partial charge < -0.3 is 5.73 Å². The molecule has 2 aliphatic rings. The van der Waals surface area contributed by atoms with Gasteiger partial charge in [0.2, 0.25) is 0 Å². The lowest BCUT2D eigenvalue weighted by molar-refractivity contribution is 0.0473. The van der Waals surface area contributed by atoms with Gasteiger partial charge in [0, 0.05) is 37.3 Å². The first-order valence-electron chi connectivity index (χ1n) is 9.19. The van der Waals surface area contributed by atoms with Crippen LogP contribution < -0.4 is 5.73 Å². The third kappa shape index (κ3) is 4.00. The first-order chi connectivity index (χ1) is 9.98. The SMILES string of the molecule is CC(C)CCN(C1CCCC1)C1(CN)CCN(C(C)C)C1. The summed E-state index contributed by atoms with van der Waals surface area (Å²) in [6.45, 7) is 13.8. The fraction of sp³-hybridized carbons (Fsp3) is 1.00. The van der Waals surface area contributed by atoms with Gasteiger partial charge in [-0.1, -0.05) is 26.7 Å². The van der Waals surface area contributed by atoms with Crippen molar-refractivity contribution in [3.8, 4) is 0 Å². The van der Waals surface area contributed by atoms with E-state index in [4.69, 9.17) is 5.73 Å². The van der Waals surface area contributed by atoms with Crippen LogP contribution >= 0.6 is 0 Å². The molecule has 21 heavy (non-hydrogen) atoms. The molecule has 2 N–H and O–H groups in total. The summed E-state index contributed by atoms with van der Waals surface area (Å²) in [5.41, 5.74) is 6.58. The average molecular weight is 296 g/mol. The van der Waals surface area contributed by atoms with Gasteiger partial charge in [-0.2, -0.15) is 0 Å². The van der Waals surface area contributed by atoms with E-state index in [0.29, 0.717) is 6.04 Å². The number of hydrogen-bond donors (Lipinski definition) is 1. The van der Waals surface area contributed by atoms with Gasteiger partial charge in [0.25, 0.3) is 0 Å². The molecule has 0 amide bonds. The van der Waals surface area contributed by atoms with Crippen LogP contribution in [0.1, 0.15) is 66.2 Å². The highest BCUT2D eigenvalue weighted by atomic mass is 15.3. The van der Waals surface area contributed by atoms with Gasteiger partial charge in [-0.3, -0.25) is 9.80 Å². The van der Waals surface area contributed by atoms with E-state index in [2.05, 4.69) is 37.5 Å². The molecular weight excluding hydrogens is 258 g/mol. The van der Waals surface area contributed by atoms with Crippen molar-refractivity contribution in [3.63, 3.8) is 0 Å². The summed E-state index contributed by atoms with van der Waals surface area (Å²) in [6, 6.07) is 1.44. The highest BCUT2D eigenvalue weighted by Gasteiger charge is 2.45. The van der Waals surface area contributed by atoms with E-state index < -0.39 is 0 Å². The molecule has 0 spiro atoms. The molecule has 1 saturated carbocycles. The Morgan fingerprint density at radius 3 is 2.33 bits per heavy atom. The molecule has 1 aliphatic heterocycles. The molecule has 0 radical (unpaired) electrons. The second-order valence-corrected chi connectivity index (χ2v) is 8.06. The summed E-state index contributed by atoms with van der Waals surface area (Å²) >= 11 is 0. The second-order valence-electron chi connectivity index (χ2n) is 8.06. The Kier molecular flexibility index (Phi) is 6.10. The fourth-order valence-electron chi connectivity index (χ4n) is 4.27. The Balaban J connectivity index is 2.12. The summed E-state index contributed by atoms with van der Waals surface area (Å²) < 4.78 is 0. The summed E-state index contributed by atoms with van der Waals surface area (Å²) in [5.74, 6) is 0.784. The number of nitrogens with two attached hydrogens (primary N) is 1. The monoisotopic (exact) mass is 295 g/mol. The molecule has 1 atom stereocenters. The minimum atomic E-state index is 0.244. The molecule has 3 heteroatoms. The zero-order chi connectivity index (χ0) is 15.5. The molecule has 2 fully saturated rings. The average Bonchev–Trinajstić information content (AvgIpc) is 3.08. The lowest BCUT2D eigenvalue weighted by Gasteiger charge is -2.45. The van der Waals surface area contributed by atoms with Gasteiger partial charge in [0.05, 0.1) is 0 Å². The normalized spacial score (nSPS) is 28.6. The summed E-state index contributed by atoms with van der Waals surface area (Å²) in [4.78, 5) is 5.48. The molecular formula is C18H37N3. The van der Waals surface area contributed by atoms with E-state index in [0.717, 1.165) is 18.5 Å². The third-order valence-corrected chi connectivity index (χ3v) is 5.79. The molecule has 124 valence electrons. The predicted molar refractivity (Wildman–Crippen MR) is 91.5 cm³/mol. The van der Waals surface area contributed by atoms with Crippen molar-refractivity contribution in [3.05, 3.63) is 0 Å². The second kappa shape index (κ2) is 7.43. The van der Waals surface area contributed by atoms with Crippen LogP contribution in [0.4, 0.5) is 0 Å². The van der Waals surface area contributed by atoms with Crippen LogP contribution in [0.3, 0.4) is 0 Å². The zero-order valence-electron chi connectivity index (χ0n) is 14.8. The van der Waals surface area contributed by atoms with Gasteiger partial charge in [-0.25, -0.2) is 0 Å². The van der Waals surface area contributed by atoms with Crippen molar-refractivity contribution < 1.29 is 0 Å².